The van der Waals surface area contributed by atoms with Crippen LogP contribution >= 0.6 is 15.9 Å². The maximum Gasteiger partial charge on any atom is 0.331 e. The van der Waals surface area contributed by atoms with Crippen LogP contribution in [0.5, 0.6) is 5.75 Å². The summed E-state index contributed by atoms with van der Waals surface area (Å²) >= 11 is 3.39. The molecule has 0 spiro atoms. The van der Waals surface area contributed by atoms with Crippen LogP contribution in [0.4, 0.5) is 0 Å². The van der Waals surface area contributed by atoms with Crippen molar-refractivity contribution >= 4 is 28.0 Å². The van der Waals surface area contributed by atoms with E-state index in [0.29, 0.717) is 22.8 Å². The maximum absolute atomic E-state index is 12.1. The zero-order chi connectivity index (χ0) is 22.5. The van der Waals surface area contributed by atoms with Crippen LogP contribution in [0, 0.1) is 6.92 Å². The van der Waals surface area contributed by atoms with Crippen LogP contribution in [-0.2, 0) is 16.1 Å². The van der Waals surface area contributed by atoms with Crippen LogP contribution in [-0.4, -0.2) is 28.4 Å². The lowest BCUT2D eigenvalue weighted by Gasteiger charge is -2.04. The first-order valence-electron chi connectivity index (χ1n) is 9.58. The molecule has 0 fully saturated rings. The first kappa shape index (κ1) is 21.5. The Balaban J connectivity index is 1.44. The lowest BCUT2D eigenvalue weighted by atomic mass is 10.1. The number of esters is 1. The molecule has 32 heavy (non-hydrogen) atoms. The third-order valence-corrected chi connectivity index (χ3v) is 5.01. The van der Waals surface area contributed by atoms with E-state index in [1.807, 2.05) is 42.5 Å². The Morgan fingerprint density at radius 2 is 1.97 bits per heavy atom. The van der Waals surface area contributed by atoms with Crippen molar-refractivity contribution in [3.05, 3.63) is 76.3 Å². The van der Waals surface area contributed by atoms with Crippen LogP contribution in [0.15, 0.2) is 68.0 Å². The molecule has 0 aliphatic heterocycles. The van der Waals surface area contributed by atoms with Crippen molar-refractivity contribution in [1.29, 1.82) is 0 Å². The molecule has 2 heterocycles. The topological polar surface area (TPSA) is 100 Å². The van der Waals surface area contributed by atoms with Crippen LogP contribution < -0.4 is 4.74 Å². The van der Waals surface area contributed by atoms with Crippen molar-refractivity contribution in [2.75, 3.05) is 7.11 Å². The normalized spacial score (nSPS) is 11.1. The smallest absolute Gasteiger partial charge is 0.331 e. The van der Waals surface area contributed by atoms with E-state index in [1.165, 1.54) is 6.08 Å². The second kappa shape index (κ2) is 9.61. The molecule has 162 valence electrons. The molecule has 0 unspecified atom stereocenters. The van der Waals surface area contributed by atoms with E-state index in [9.17, 15) is 4.79 Å². The van der Waals surface area contributed by atoms with Gasteiger partial charge >= 0.3 is 5.97 Å². The number of methoxy groups -OCH3 is 1. The summed E-state index contributed by atoms with van der Waals surface area (Å²) in [6.07, 6.45) is 2.91. The Labute approximate surface area is 192 Å². The number of nitrogens with zero attached hydrogens (tertiary/aromatic N) is 3. The van der Waals surface area contributed by atoms with Gasteiger partial charge in [0, 0.05) is 21.7 Å². The first-order valence-corrected chi connectivity index (χ1v) is 10.4. The number of aromatic nitrogens is 3. The Kier molecular flexibility index (Phi) is 6.46. The molecule has 0 bridgehead atoms. The third-order valence-electron chi connectivity index (χ3n) is 4.52. The van der Waals surface area contributed by atoms with Gasteiger partial charge in [0.15, 0.2) is 6.61 Å². The number of aryl methyl sites for hydroxylation is 1. The molecule has 0 amide bonds. The van der Waals surface area contributed by atoms with Gasteiger partial charge < -0.3 is 18.4 Å². The number of benzene rings is 2. The van der Waals surface area contributed by atoms with E-state index in [-0.39, 0.29) is 18.4 Å². The summed E-state index contributed by atoms with van der Waals surface area (Å²) in [4.78, 5) is 12.1. The first-order chi connectivity index (χ1) is 15.5. The summed E-state index contributed by atoms with van der Waals surface area (Å²) in [6.45, 7) is 1.59. The fraction of sp³-hybridized carbons (Fsp3) is 0.130. The maximum atomic E-state index is 12.1. The number of rotatable bonds is 7. The van der Waals surface area contributed by atoms with E-state index in [2.05, 4.69) is 31.3 Å². The number of ether oxygens (including phenoxy) is 2. The molecule has 9 heteroatoms. The molecule has 4 rings (SSSR count). The average molecular weight is 496 g/mol. The number of carbonyl (C=O) groups excluding carboxylic acids is 1. The zero-order valence-electron chi connectivity index (χ0n) is 17.2. The van der Waals surface area contributed by atoms with Gasteiger partial charge in [0.1, 0.15) is 22.8 Å². The number of hydrogen-bond acceptors (Lipinski definition) is 8. The minimum Gasteiger partial charge on any atom is -0.496 e. The predicted octanol–water partition coefficient (Wildman–Crippen LogP) is 5.23. The highest BCUT2D eigenvalue weighted by Crippen LogP contribution is 2.33. The molecule has 0 saturated heterocycles. The van der Waals surface area contributed by atoms with Crippen molar-refractivity contribution in [3.8, 4) is 28.5 Å². The molecule has 0 atom stereocenters. The highest BCUT2D eigenvalue weighted by molar-refractivity contribution is 9.10. The highest BCUT2D eigenvalue weighted by Gasteiger charge is 2.22. The van der Waals surface area contributed by atoms with Gasteiger partial charge in [-0.3, -0.25) is 0 Å². The van der Waals surface area contributed by atoms with Crippen LogP contribution in [0.25, 0.3) is 28.8 Å². The fourth-order valence-corrected chi connectivity index (χ4v) is 3.38. The monoisotopic (exact) mass is 495 g/mol. The van der Waals surface area contributed by atoms with Gasteiger partial charge in [-0.25, -0.2) is 4.79 Å². The Morgan fingerprint density at radius 1 is 1.16 bits per heavy atom. The molecule has 2 aromatic heterocycles. The largest absolute Gasteiger partial charge is 0.496 e. The quantitative estimate of drug-likeness (QED) is 0.253. The van der Waals surface area contributed by atoms with E-state index in [0.717, 1.165) is 15.6 Å². The van der Waals surface area contributed by atoms with Crippen molar-refractivity contribution in [3.63, 3.8) is 0 Å². The Morgan fingerprint density at radius 3 is 2.75 bits per heavy atom. The summed E-state index contributed by atoms with van der Waals surface area (Å²) < 4.78 is 22.4. The molecule has 8 nitrogen and oxygen atoms in total. The molecule has 0 aliphatic carbocycles. The van der Waals surface area contributed by atoms with Gasteiger partial charge in [0.2, 0.25) is 0 Å². The lowest BCUT2D eigenvalue weighted by Crippen LogP contribution is -2.01. The van der Waals surface area contributed by atoms with Crippen LogP contribution in [0.1, 0.15) is 17.2 Å². The zero-order valence-corrected chi connectivity index (χ0v) is 18.8. The summed E-state index contributed by atoms with van der Waals surface area (Å²) in [6, 6.07) is 15.0. The van der Waals surface area contributed by atoms with Crippen molar-refractivity contribution in [1.82, 2.24) is 15.4 Å². The molecular weight excluding hydrogens is 478 g/mol. The SMILES string of the molecule is COc1ccc(Br)cc1/C=C/C(=O)OCc1nnc(-c2c(-c3ccccc3)noc2C)o1. The second-order valence-electron chi connectivity index (χ2n) is 6.66. The van der Waals surface area contributed by atoms with Crippen molar-refractivity contribution in [2.45, 2.75) is 13.5 Å². The molecular formula is C23H18BrN3O5. The van der Waals surface area contributed by atoms with Gasteiger partial charge in [-0.1, -0.05) is 51.4 Å². The van der Waals surface area contributed by atoms with Gasteiger partial charge in [-0.15, -0.1) is 10.2 Å². The number of hydrogen-bond donors (Lipinski definition) is 0. The van der Waals surface area contributed by atoms with Crippen molar-refractivity contribution in [2.24, 2.45) is 0 Å². The lowest BCUT2D eigenvalue weighted by molar-refractivity contribution is -0.139. The van der Waals surface area contributed by atoms with Crippen molar-refractivity contribution < 1.29 is 23.2 Å². The van der Waals surface area contributed by atoms with Gasteiger partial charge in [-0.2, -0.15) is 0 Å². The van der Waals surface area contributed by atoms with Crippen LogP contribution in [0.2, 0.25) is 0 Å². The van der Waals surface area contributed by atoms with E-state index in [4.69, 9.17) is 18.4 Å². The van der Waals surface area contributed by atoms with Gasteiger partial charge in [0.25, 0.3) is 11.8 Å². The number of carbonyl (C=O) groups is 1. The highest BCUT2D eigenvalue weighted by atomic mass is 79.9. The van der Waals surface area contributed by atoms with E-state index in [1.54, 1.807) is 26.2 Å². The molecule has 0 aliphatic rings. The Hall–Kier alpha value is -3.72. The molecule has 4 aromatic rings. The third kappa shape index (κ3) is 4.78. The number of halogens is 1. The summed E-state index contributed by atoms with van der Waals surface area (Å²) in [7, 11) is 1.56. The van der Waals surface area contributed by atoms with Gasteiger partial charge in [-0.05, 0) is 31.2 Å². The average Bonchev–Trinajstić information content (AvgIpc) is 3.43. The molecule has 2 aromatic carbocycles. The van der Waals surface area contributed by atoms with E-state index < -0.39 is 5.97 Å². The fourth-order valence-electron chi connectivity index (χ4n) is 3.00. The standard InChI is InChI=1S/C23H18BrN3O5/c1-14-21(22(27-32-14)15-6-4-3-5-7-15)23-26-25-19(31-23)13-30-20(28)11-8-16-12-17(24)9-10-18(16)29-2/h3-12H,13H2,1-2H3/b11-8+. The molecule has 0 N–H and O–H groups in total. The van der Waals surface area contributed by atoms with Gasteiger partial charge in [0.05, 0.1) is 7.11 Å². The summed E-state index contributed by atoms with van der Waals surface area (Å²) in [5.41, 5.74) is 2.79. The summed E-state index contributed by atoms with van der Waals surface area (Å²) in [5.74, 6) is 1.02. The minimum absolute atomic E-state index is 0.154. The van der Waals surface area contributed by atoms with Crippen LogP contribution in [0.3, 0.4) is 0 Å². The second-order valence-corrected chi connectivity index (χ2v) is 7.57. The predicted molar refractivity (Wildman–Crippen MR) is 119 cm³/mol. The molecule has 0 radical (unpaired) electrons. The molecule has 0 saturated carbocycles. The summed E-state index contributed by atoms with van der Waals surface area (Å²) in [5, 5.41) is 12.1. The Bertz CT molecular complexity index is 1260. The minimum atomic E-state index is -0.557. The van der Waals surface area contributed by atoms with E-state index >= 15 is 0 Å².